The van der Waals surface area contributed by atoms with Crippen LogP contribution in [0, 0.1) is 0 Å². The fourth-order valence-corrected chi connectivity index (χ4v) is 3.20. The number of hydrogen-bond acceptors (Lipinski definition) is 4. The van der Waals surface area contributed by atoms with Crippen molar-refractivity contribution in [1.29, 1.82) is 0 Å². The fraction of sp³-hybridized carbons (Fsp3) is 0.526. The molecule has 2 aromatic rings. The molecule has 1 aliphatic heterocycles. The predicted octanol–water partition coefficient (Wildman–Crippen LogP) is 3.27. The van der Waals surface area contributed by atoms with Gasteiger partial charge in [-0.25, -0.2) is 4.68 Å². The van der Waals surface area contributed by atoms with Crippen LogP contribution in [0.4, 0.5) is 0 Å². The summed E-state index contributed by atoms with van der Waals surface area (Å²) in [5, 5.41) is 4.51. The zero-order valence-corrected chi connectivity index (χ0v) is 14.6. The Kier molecular flexibility index (Phi) is 5.88. The zero-order valence-electron chi connectivity index (χ0n) is 14.6. The molecule has 24 heavy (non-hydrogen) atoms. The quantitative estimate of drug-likeness (QED) is 0.781. The van der Waals surface area contributed by atoms with Crippen LogP contribution in [-0.2, 0) is 11.3 Å². The molecule has 1 atom stereocenters. The Hall–Kier alpha value is -1.85. The summed E-state index contributed by atoms with van der Waals surface area (Å²) >= 11 is 0. The van der Waals surface area contributed by atoms with E-state index in [-0.39, 0.29) is 0 Å². The summed E-state index contributed by atoms with van der Waals surface area (Å²) in [6.07, 6.45) is 8.07. The minimum Gasteiger partial charge on any atom is -0.494 e. The molecule has 130 valence electrons. The number of ether oxygens (including phenoxy) is 2. The molecule has 0 aliphatic carbocycles. The molecule has 0 N–H and O–H groups in total. The van der Waals surface area contributed by atoms with Gasteiger partial charge >= 0.3 is 0 Å². The van der Waals surface area contributed by atoms with E-state index >= 15 is 0 Å². The number of methoxy groups -OCH3 is 1. The molecule has 1 unspecified atom stereocenters. The standard InChI is InChI=1S/C19H27N3O2/c1-3-21(15-17-8-6-7-11-24-17)13-16-12-20-22(14-16)18-9-4-5-10-19(18)23-2/h4-5,9-10,12,14,17H,3,6-8,11,13,15H2,1-2H3. The third-order valence-electron chi connectivity index (χ3n) is 4.56. The van der Waals surface area contributed by atoms with Gasteiger partial charge in [-0.2, -0.15) is 5.10 Å². The van der Waals surface area contributed by atoms with Crippen LogP contribution >= 0.6 is 0 Å². The highest BCUT2D eigenvalue weighted by Gasteiger charge is 2.17. The fourth-order valence-electron chi connectivity index (χ4n) is 3.20. The van der Waals surface area contributed by atoms with E-state index in [0.29, 0.717) is 6.10 Å². The van der Waals surface area contributed by atoms with E-state index in [2.05, 4.69) is 23.1 Å². The number of nitrogens with zero attached hydrogens (tertiary/aromatic N) is 3. The second-order valence-electron chi connectivity index (χ2n) is 6.28. The number of likely N-dealkylation sites (N-methyl/N-ethyl adjacent to an activating group) is 1. The summed E-state index contributed by atoms with van der Waals surface area (Å²) in [5.41, 5.74) is 2.17. The van der Waals surface area contributed by atoms with E-state index < -0.39 is 0 Å². The maximum atomic E-state index is 5.87. The van der Waals surface area contributed by atoms with Crippen LogP contribution < -0.4 is 4.74 Å². The highest BCUT2D eigenvalue weighted by Crippen LogP contribution is 2.22. The second-order valence-corrected chi connectivity index (χ2v) is 6.28. The summed E-state index contributed by atoms with van der Waals surface area (Å²) in [4.78, 5) is 2.43. The van der Waals surface area contributed by atoms with Gasteiger partial charge < -0.3 is 9.47 Å². The van der Waals surface area contributed by atoms with Crippen molar-refractivity contribution in [2.45, 2.75) is 38.8 Å². The number of aromatic nitrogens is 2. The van der Waals surface area contributed by atoms with E-state index in [1.165, 1.54) is 24.8 Å². The Morgan fingerprint density at radius 2 is 2.21 bits per heavy atom. The van der Waals surface area contributed by atoms with Crippen molar-refractivity contribution in [3.8, 4) is 11.4 Å². The molecule has 5 nitrogen and oxygen atoms in total. The third-order valence-corrected chi connectivity index (χ3v) is 4.56. The second kappa shape index (κ2) is 8.31. The van der Waals surface area contributed by atoms with Gasteiger partial charge in [0.05, 0.1) is 19.4 Å². The third kappa shape index (κ3) is 4.16. The SMILES string of the molecule is CCN(Cc1cnn(-c2ccccc2OC)c1)CC1CCCCO1. The Balaban J connectivity index is 1.66. The summed E-state index contributed by atoms with van der Waals surface area (Å²) in [6, 6.07) is 7.94. The average molecular weight is 329 g/mol. The first-order valence-corrected chi connectivity index (χ1v) is 8.81. The summed E-state index contributed by atoms with van der Waals surface area (Å²) in [7, 11) is 1.69. The molecule has 0 saturated carbocycles. The Morgan fingerprint density at radius 3 is 2.96 bits per heavy atom. The molecule has 1 fully saturated rings. The molecule has 1 aromatic heterocycles. The molecule has 0 bridgehead atoms. The van der Waals surface area contributed by atoms with Crippen LogP contribution in [-0.4, -0.2) is 47.6 Å². The number of para-hydroxylation sites is 2. The van der Waals surface area contributed by atoms with E-state index in [4.69, 9.17) is 9.47 Å². The number of rotatable bonds is 7. The van der Waals surface area contributed by atoms with Gasteiger partial charge in [0.2, 0.25) is 0 Å². The summed E-state index contributed by atoms with van der Waals surface area (Å²) in [6.45, 7) is 6.02. The molecule has 1 aliphatic rings. The van der Waals surface area contributed by atoms with Crippen molar-refractivity contribution < 1.29 is 9.47 Å². The first kappa shape index (κ1) is 17.0. The molecular weight excluding hydrogens is 302 g/mol. The van der Waals surface area contributed by atoms with Gasteiger partial charge in [-0.15, -0.1) is 0 Å². The minimum absolute atomic E-state index is 0.378. The number of benzene rings is 1. The Bertz CT molecular complexity index is 635. The molecule has 0 radical (unpaired) electrons. The van der Waals surface area contributed by atoms with Gasteiger partial charge in [0, 0.05) is 31.5 Å². The topological polar surface area (TPSA) is 39.5 Å². The Labute approximate surface area is 144 Å². The van der Waals surface area contributed by atoms with Gasteiger partial charge in [0.25, 0.3) is 0 Å². The van der Waals surface area contributed by atoms with Crippen LogP contribution in [0.15, 0.2) is 36.7 Å². The molecular formula is C19H27N3O2. The maximum absolute atomic E-state index is 5.87. The first-order valence-electron chi connectivity index (χ1n) is 8.81. The average Bonchev–Trinajstić information content (AvgIpc) is 3.10. The normalized spacial score (nSPS) is 18.0. The molecule has 0 amide bonds. The van der Waals surface area contributed by atoms with Gasteiger partial charge in [-0.3, -0.25) is 4.90 Å². The van der Waals surface area contributed by atoms with Gasteiger partial charge in [-0.1, -0.05) is 19.1 Å². The largest absolute Gasteiger partial charge is 0.494 e. The highest BCUT2D eigenvalue weighted by molar-refractivity contribution is 5.46. The smallest absolute Gasteiger partial charge is 0.144 e. The van der Waals surface area contributed by atoms with Crippen molar-refractivity contribution in [2.75, 3.05) is 26.8 Å². The lowest BCUT2D eigenvalue weighted by Gasteiger charge is -2.28. The lowest BCUT2D eigenvalue weighted by molar-refractivity contribution is -0.00623. The molecule has 2 heterocycles. The maximum Gasteiger partial charge on any atom is 0.144 e. The lowest BCUT2D eigenvalue weighted by atomic mass is 10.1. The lowest BCUT2D eigenvalue weighted by Crippen LogP contribution is -2.35. The van der Waals surface area contributed by atoms with Gasteiger partial charge in [0.15, 0.2) is 0 Å². The van der Waals surface area contributed by atoms with Crippen molar-refractivity contribution in [3.63, 3.8) is 0 Å². The van der Waals surface area contributed by atoms with Crippen LogP contribution in [0.1, 0.15) is 31.7 Å². The van der Waals surface area contributed by atoms with Crippen LogP contribution in [0.5, 0.6) is 5.75 Å². The van der Waals surface area contributed by atoms with E-state index in [0.717, 1.165) is 37.7 Å². The molecule has 1 saturated heterocycles. The summed E-state index contributed by atoms with van der Waals surface area (Å²) in [5.74, 6) is 0.829. The molecule has 0 spiro atoms. The monoisotopic (exact) mass is 329 g/mol. The van der Waals surface area contributed by atoms with Crippen LogP contribution in [0.2, 0.25) is 0 Å². The van der Waals surface area contributed by atoms with Crippen molar-refractivity contribution in [1.82, 2.24) is 14.7 Å². The zero-order chi connectivity index (χ0) is 16.8. The minimum atomic E-state index is 0.378. The first-order chi connectivity index (χ1) is 11.8. The van der Waals surface area contributed by atoms with Crippen LogP contribution in [0.25, 0.3) is 5.69 Å². The highest BCUT2D eigenvalue weighted by atomic mass is 16.5. The molecule has 5 heteroatoms. The predicted molar refractivity (Wildman–Crippen MR) is 94.7 cm³/mol. The summed E-state index contributed by atoms with van der Waals surface area (Å²) < 4.78 is 13.2. The molecule has 3 rings (SSSR count). The number of hydrogen-bond donors (Lipinski definition) is 0. The molecule has 1 aromatic carbocycles. The van der Waals surface area contributed by atoms with E-state index in [1.54, 1.807) is 7.11 Å². The van der Waals surface area contributed by atoms with Crippen LogP contribution in [0.3, 0.4) is 0 Å². The van der Waals surface area contributed by atoms with E-state index in [9.17, 15) is 0 Å². The van der Waals surface area contributed by atoms with Crippen molar-refractivity contribution >= 4 is 0 Å². The Morgan fingerprint density at radius 1 is 1.33 bits per heavy atom. The van der Waals surface area contributed by atoms with Gasteiger partial charge in [-0.05, 0) is 37.9 Å². The van der Waals surface area contributed by atoms with Crippen molar-refractivity contribution in [3.05, 3.63) is 42.2 Å². The van der Waals surface area contributed by atoms with E-state index in [1.807, 2.05) is 35.1 Å². The van der Waals surface area contributed by atoms with Gasteiger partial charge in [0.1, 0.15) is 11.4 Å². The van der Waals surface area contributed by atoms with Crippen molar-refractivity contribution in [2.24, 2.45) is 0 Å².